The van der Waals surface area contributed by atoms with E-state index in [1.165, 1.54) is 0 Å². The summed E-state index contributed by atoms with van der Waals surface area (Å²) in [5.41, 5.74) is 6.21. The van der Waals surface area contributed by atoms with E-state index in [1.807, 2.05) is 6.20 Å². The molecule has 98 valence electrons. The first-order valence-electron chi connectivity index (χ1n) is 5.60. The third-order valence-corrected chi connectivity index (χ3v) is 2.06. The van der Waals surface area contributed by atoms with Crippen LogP contribution >= 0.6 is 0 Å². The minimum absolute atomic E-state index is 0.411. The van der Waals surface area contributed by atoms with Crippen LogP contribution in [0.2, 0.25) is 0 Å². The summed E-state index contributed by atoms with van der Waals surface area (Å²) in [5.74, 6) is 0. The van der Waals surface area contributed by atoms with Gasteiger partial charge in [-0.2, -0.15) is 0 Å². The lowest BCUT2D eigenvalue weighted by atomic mass is 10.5. The largest absolute Gasteiger partial charge is 0.382 e. The molecule has 0 aromatic carbocycles. The minimum atomic E-state index is 0.411. The maximum Gasteiger partial charge on any atom is 0.0962 e. The number of ether oxygens (including phenoxy) is 3. The van der Waals surface area contributed by atoms with Crippen molar-refractivity contribution in [2.45, 2.75) is 13.1 Å². The maximum atomic E-state index is 5.42. The summed E-state index contributed by atoms with van der Waals surface area (Å²) >= 11 is 0. The van der Waals surface area contributed by atoms with Gasteiger partial charge in [0.15, 0.2) is 0 Å². The molecule has 1 rings (SSSR count). The highest BCUT2D eigenvalue weighted by atomic mass is 16.5. The third kappa shape index (κ3) is 6.32. The Bertz CT molecular complexity index is 293. The van der Waals surface area contributed by atoms with Crippen LogP contribution in [0.5, 0.6) is 0 Å². The molecule has 0 unspecified atom stereocenters. The second-order valence-corrected chi connectivity index (χ2v) is 3.39. The molecule has 7 heteroatoms. The average Bonchev–Trinajstić information content (AvgIpc) is 2.80. The van der Waals surface area contributed by atoms with Gasteiger partial charge in [-0.3, -0.25) is 0 Å². The molecule has 2 N–H and O–H groups in total. The van der Waals surface area contributed by atoms with Crippen LogP contribution in [0.4, 0.5) is 0 Å². The minimum Gasteiger partial charge on any atom is -0.382 e. The topological polar surface area (TPSA) is 84.4 Å². The van der Waals surface area contributed by atoms with Crippen molar-refractivity contribution in [3.63, 3.8) is 0 Å². The van der Waals surface area contributed by atoms with Gasteiger partial charge >= 0.3 is 0 Å². The quantitative estimate of drug-likeness (QED) is 0.554. The zero-order chi connectivity index (χ0) is 12.3. The number of methoxy groups -OCH3 is 1. The molecule has 0 amide bonds. The van der Waals surface area contributed by atoms with Crippen molar-refractivity contribution in [2.24, 2.45) is 5.73 Å². The summed E-state index contributed by atoms with van der Waals surface area (Å²) in [5, 5.41) is 7.78. The first-order chi connectivity index (χ1) is 8.36. The molecule has 7 nitrogen and oxygen atoms in total. The molecule has 0 atom stereocenters. The molecular formula is C10H20N4O3. The number of rotatable bonds is 10. The second-order valence-electron chi connectivity index (χ2n) is 3.39. The van der Waals surface area contributed by atoms with E-state index in [9.17, 15) is 0 Å². The van der Waals surface area contributed by atoms with E-state index in [-0.39, 0.29) is 0 Å². The molecule has 0 fully saturated rings. The Kier molecular flexibility index (Phi) is 7.48. The van der Waals surface area contributed by atoms with E-state index in [4.69, 9.17) is 19.9 Å². The fourth-order valence-corrected chi connectivity index (χ4v) is 1.16. The first kappa shape index (κ1) is 14.0. The third-order valence-electron chi connectivity index (χ3n) is 2.06. The molecule has 0 spiro atoms. The van der Waals surface area contributed by atoms with E-state index < -0.39 is 0 Å². The van der Waals surface area contributed by atoms with Crippen LogP contribution < -0.4 is 5.73 Å². The molecule has 17 heavy (non-hydrogen) atoms. The number of aromatic nitrogens is 3. The summed E-state index contributed by atoms with van der Waals surface area (Å²) in [6.45, 7) is 4.03. The van der Waals surface area contributed by atoms with E-state index >= 15 is 0 Å². The predicted octanol–water partition coefficient (Wildman–Crippen LogP) is -0.584. The van der Waals surface area contributed by atoms with Crippen molar-refractivity contribution >= 4 is 0 Å². The van der Waals surface area contributed by atoms with Crippen LogP contribution in [-0.4, -0.2) is 55.1 Å². The molecule has 1 aromatic heterocycles. The van der Waals surface area contributed by atoms with Crippen molar-refractivity contribution < 1.29 is 14.2 Å². The van der Waals surface area contributed by atoms with Gasteiger partial charge in [0, 0.05) is 19.9 Å². The van der Waals surface area contributed by atoms with E-state index in [0.29, 0.717) is 46.1 Å². The highest BCUT2D eigenvalue weighted by molar-refractivity contribution is 4.90. The SMILES string of the molecule is COCCOCCOCCn1cc(CN)nn1. The molecule has 0 aliphatic carbocycles. The van der Waals surface area contributed by atoms with Crippen molar-refractivity contribution in [1.29, 1.82) is 0 Å². The van der Waals surface area contributed by atoms with E-state index in [1.54, 1.807) is 11.8 Å². The number of nitrogens with two attached hydrogens (primary N) is 1. The van der Waals surface area contributed by atoms with E-state index in [0.717, 1.165) is 5.69 Å². The Morgan fingerprint density at radius 2 is 1.88 bits per heavy atom. The zero-order valence-electron chi connectivity index (χ0n) is 10.2. The number of nitrogens with zero attached hydrogens (tertiary/aromatic N) is 3. The Labute approximate surface area is 101 Å². The Hall–Kier alpha value is -1.02. The summed E-state index contributed by atoms with van der Waals surface area (Å²) in [7, 11) is 1.65. The average molecular weight is 244 g/mol. The van der Waals surface area contributed by atoms with Crippen LogP contribution in [0.3, 0.4) is 0 Å². The standard InChI is InChI=1S/C10H20N4O3/c1-15-4-5-17-7-6-16-3-2-14-9-10(8-11)12-13-14/h9H,2-8,11H2,1H3. The van der Waals surface area contributed by atoms with Crippen molar-refractivity contribution in [2.75, 3.05) is 40.1 Å². The van der Waals surface area contributed by atoms with Crippen LogP contribution in [0.1, 0.15) is 5.69 Å². The van der Waals surface area contributed by atoms with Gasteiger partial charge in [0.2, 0.25) is 0 Å². The molecular weight excluding hydrogens is 224 g/mol. The van der Waals surface area contributed by atoms with Gasteiger partial charge < -0.3 is 19.9 Å². The smallest absolute Gasteiger partial charge is 0.0962 e. The lowest BCUT2D eigenvalue weighted by Gasteiger charge is -2.05. The number of hydrogen-bond acceptors (Lipinski definition) is 6. The summed E-state index contributed by atoms with van der Waals surface area (Å²) < 4.78 is 17.2. The highest BCUT2D eigenvalue weighted by Gasteiger charge is 1.97. The molecule has 1 heterocycles. The van der Waals surface area contributed by atoms with Gasteiger partial charge in [-0.1, -0.05) is 5.21 Å². The van der Waals surface area contributed by atoms with Crippen LogP contribution in [-0.2, 0) is 27.3 Å². The Balaban J connectivity index is 1.93. The zero-order valence-corrected chi connectivity index (χ0v) is 10.2. The molecule has 0 saturated heterocycles. The molecule has 1 aromatic rings. The Morgan fingerprint density at radius 3 is 2.53 bits per heavy atom. The second kappa shape index (κ2) is 9.06. The molecule has 0 bridgehead atoms. The van der Waals surface area contributed by atoms with Crippen molar-refractivity contribution in [3.8, 4) is 0 Å². The maximum absolute atomic E-state index is 5.42. The van der Waals surface area contributed by atoms with Gasteiger partial charge in [-0.15, -0.1) is 5.10 Å². The lowest BCUT2D eigenvalue weighted by molar-refractivity contribution is 0.0224. The lowest BCUT2D eigenvalue weighted by Crippen LogP contribution is -2.12. The summed E-state index contributed by atoms with van der Waals surface area (Å²) in [6, 6.07) is 0. The van der Waals surface area contributed by atoms with Gasteiger partial charge in [-0.25, -0.2) is 4.68 Å². The highest BCUT2D eigenvalue weighted by Crippen LogP contribution is 1.91. The summed E-state index contributed by atoms with van der Waals surface area (Å²) in [4.78, 5) is 0. The van der Waals surface area contributed by atoms with Crippen LogP contribution in [0.25, 0.3) is 0 Å². The van der Waals surface area contributed by atoms with Gasteiger partial charge in [0.25, 0.3) is 0 Å². The first-order valence-corrected chi connectivity index (χ1v) is 5.60. The molecule has 0 aliphatic rings. The van der Waals surface area contributed by atoms with Crippen molar-refractivity contribution in [3.05, 3.63) is 11.9 Å². The Morgan fingerprint density at radius 1 is 1.18 bits per heavy atom. The normalized spacial score (nSPS) is 10.9. The van der Waals surface area contributed by atoms with Crippen LogP contribution in [0, 0.1) is 0 Å². The number of hydrogen-bond donors (Lipinski definition) is 1. The van der Waals surface area contributed by atoms with Crippen molar-refractivity contribution in [1.82, 2.24) is 15.0 Å². The van der Waals surface area contributed by atoms with Gasteiger partial charge in [0.05, 0.1) is 45.3 Å². The van der Waals surface area contributed by atoms with Gasteiger partial charge in [-0.05, 0) is 0 Å². The summed E-state index contributed by atoms with van der Waals surface area (Å²) in [6.07, 6.45) is 1.82. The van der Waals surface area contributed by atoms with E-state index in [2.05, 4.69) is 10.3 Å². The van der Waals surface area contributed by atoms with Gasteiger partial charge in [0.1, 0.15) is 0 Å². The molecule has 0 radical (unpaired) electrons. The predicted molar refractivity (Wildman–Crippen MR) is 61.4 cm³/mol. The molecule has 0 aliphatic heterocycles. The fraction of sp³-hybridized carbons (Fsp3) is 0.800. The van der Waals surface area contributed by atoms with Crippen LogP contribution in [0.15, 0.2) is 6.20 Å². The molecule has 0 saturated carbocycles. The monoisotopic (exact) mass is 244 g/mol. The fourth-order valence-electron chi connectivity index (χ4n) is 1.16.